The first-order chi connectivity index (χ1) is 8.79. The van der Waals surface area contributed by atoms with Gasteiger partial charge >= 0.3 is 0 Å². The summed E-state index contributed by atoms with van der Waals surface area (Å²) in [7, 11) is 0. The second kappa shape index (κ2) is 4.46. The topological polar surface area (TPSA) is 110 Å². The van der Waals surface area contributed by atoms with Gasteiger partial charge in [-0.25, -0.2) is 0 Å². The maximum atomic E-state index is 11.3. The van der Waals surface area contributed by atoms with Gasteiger partial charge in [-0.05, 0) is 38.0 Å². The molecule has 0 atom stereocenters. The predicted molar refractivity (Wildman–Crippen MR) is 74.7 cm³/mol. The molecular formula is C13H18N4O2. The maximum absolute atomic E-state index is 11.3. The zero-order valence-corrected chi connectivity index (χ0v) is 11.0. The zero-order valence-electron chi connectivity index (χ0n) is 11.0. The summed E-state index contributed by atoms with van der Waals surface area (Å²) < 4.78 is 0. The van der Waals surface area contributed by atoms with Crippen molar-refractivity contribution in [3.63, 3.8) is 0 Å². The van der Waals surface area contributed by atoms with E-state index in [0.717, 1.165) is 11.3 Å². The summed E-state index contributed by atoms with van der Waals surface area (Å²) in [4.78, 5) is 22.6. The van der Waals surface area contributed by atoms with Crippen LogP contribution in [-0.2, 0) is 16.0 Å². The van der Waals surface area contributed by atoms with Crippen molar-refractivity contribution >= 4 is 28.9 Å². The molecular weight excluding hydrogens is 244 g/mol. The molecule has 1 heterocycles. The average Bonchev–Trinajstić information content (AvgIpc) is 2.30. The summed E-state index contributed by atoms with van der Waals surface area (Å²) in [6, 6.07) is 3.56. The third-order valence-corrected chi connectivity index (χ3v) is 3.23. The third kappa shape index (κ3) is 2.62. The number of hydrogen-bond donors (Lipinski definition) is 4. The fraction of sp³-hybridized carbons (Fsp3) is 0.385. The number of aryl methyl sites for hydroxylation is 1. The lowest BCUT2D eigenvalue weighted by atomic mass is 9.99. The molecule has 2 rings (SSSR count). The van der Waals surface area contributed by atoms with Crippen LogP contribution in [0.4, 0.5) is 17.1 Å². The van der Waals surface area contributed by atoms with Crippen LogP contribution < -0.4 is 22.1 Å². The minimum absolute atomic E-state index is 0.00919. The van der Waals surface area contributed by atoms with E-state index in [2.05, 4.69) is 10.6 Å². The number of nitrogens with two attached hydrogens (primary N) is 2. The van der Waals surface area contributed by atoms with Crippen LogP contribution in [0.3, 0.4) is 0 Å². The van der Waals surface area contributed by atoms with E-state index in [9.17, 15) is 9.59 Å². The van der Waals surface area contributed by atoms with E-state index in [1.54, 1.807) is 19.9 Å². The van der Waals surface area contributed by atoms with E-state index >= 15 is 0 Å². The highest BCUT2D eigenvalue weighted by Gasteiger charge is 2.26. The summed E-state index contributed by atoms with van der Waals surface area (Å²) in [6.45, 7) is 3.38. The number of anilines is 3. The molecule has 1 aliphatic heterocycles. The van der Waals surface area contributed by atoms with Crippen LogP contribution in [0.5, 0.6) is 0 Å². The summed E-state index contributed by atoms with van der Waals surface area (Å²) in [6.07, 6.45) is 1.11. The van der Waals surface area contributed by atoms with Crippen LogP contribution in [0.1, 0.15) is 25.8 Å². The Balaban J connectivity index is 2.33. The van der Waals surface area contributed by atoms with E-state index in [1.165, 1.54) is 0 Å². The molecule has 0 saturated heterocycles. The van der Waals surface area contributed by atoms with E-state index in [1.807, 2.05) is 6.07 Å². The van der Waals surface area contributed by atoms with Crippen LogP contribution >= 0.6 is 0 Å². The highest BCUT2D eigenvalue weighted by Crippen LogP contribution is 2.32. The number of carbonyl (C=O) groups is 2. The maximum Gasteiger partial charge on any atom is 0.242 e. The van der Waals surface area contributed by atoms with Gasteiger partial charge in [-0.1, -0.05) is 0 Å². The highest BCUT2D eigenvalue weighted by atomic mass is 16.2. The van der Waals surface area contributed by atoms with Crippen molar-refractivity contribution in [2.24, 2.45) is 5.73 Å². The minimum Gasteiger partial charge on any atom is -0.397 e. The molecule has 1 aromatic rings. The van der Waals surface area contributed by atoms with Gasteiger partial charge in [0.25, 0.3) is 0 Å². The Hall–Kier alpha value is -2.24. The fourth-order valence-corrected chi connectivity index (χ4v) is 1.95. The number of primary amides is 1. The number of amides is 2. The molecule has 0 unspecified atom stereocenters. The molecule has 0 saturated carbocycles. The number of carbonyl (C=O) groups excluding carboxylic acids is 2. The number of hydrogen-bond acceptors (Lipinski definition) is 4. The van der Waals surface area contributed by atoms with E-state index in [4.69, 9.17) is 11.5 Å². The molecule has 6 nitrogen and oxygen atoms in total. The quantitative estimate of drug-likeness (QED) is 0.605. The number of nitrogens with one attached hydrogen (secondary N) is 2. The smallest absolute Gasteiger partial charge is 0.242 e. The molecule has 0 radical (unpaired) electrons. The van der Waals surface area contributed by atoms with Gasteiger partial charge < -0.3 is 22.1 Å². The monoisotopic (exact) mass is 262 g/mol. The number of rotatable bonds is 3. The standard InChI is InChI=1S/C13H18N4O2/c1-13(2,12(15)19)17-10-5-7-3-4-11(18)16-9(7)6-8(10)14/h5-6,17H,3-4,14H2,1-2H3,(H2,15,19)(H,16,18). The summed E-state index contributed by atoms with van der Waals surface area (Å²) >= 11 is 0. The Labute approximate surface area is 111 Å². The van der Waals surface area contributed by atoms with Crippen LogP contribution in [0, 0.1) is 0 Å². The van der Waals surface area contributed by atoms with E-state index in [-0.39, 0.29) is 5.91 Å². The Morgan fingerprint density at radius 1 is 1.37 bits per heavy atom. The number of nitrogen functional groups attached to an aromatic ring is 1. The van der Waals surface area contributed by atoms with Crippen LogP contribution in [0.25, 0.3) is 0 Å². The second-order valence-corrected chi connectivity index (χ2v) is 5.26. The van der Waals surface area contributed by atoms with E-state index < -0.39 is 11.4 Å². The Bertz CT molecular complexity index is 552. The van der Waals surface area contributed by atoms with Crippen molar-refractivity contribution in [2.75, 3.05) is 16.4 Å². The Kier molecular flexibility index (Phi) is 3.09. The average molecular weight is 262 g/mol. The predicted octanol–water partition coefficient (Wildman–Crippen LogP) is 0.829. The van der Waals surface area contributed by atoms with Crippen molar-refractivity contribution in [1.82, 2.24) is 0 Å². The van der Waals surface area contributed by atoms with Crippen molar-refractivity contribution in [1.29, 1.82) is 0 Å². The Morgan fingerprint density at radius 3 is 2.68 bits per heavy atom. The van der Waals surface area contributed by atoms with Gasteiger partial charge in [0.2, 0.25) is 11.8 Å². The lowest BCUT2D eigenvalue weighted by molar-refractivity contribution is -0.121. The molecule has 1 aliphatic rings. The first-order valence-corrected chi connectivity index (χ1v) is 6.10. The second-order valence-electron chi connectivity index (χ2n) is 5.26. The molecule has 2 amide bonds. The molecule has 0 aromatic heterocycles. The molecule has 102 valence electrons. The van der Waals surface area contributed by atoms with Crippen molar-refractivity contribution < 1.29 is 9.59 Å². The first-order valence-electron chi connectivity index (χ1n) is 6.10. The summed E-state index contributed by atoms with van der Waals surface area (Å²) in [5.41, 5.74) is 13.2. The van der Waals surface area contributed by atoms with Crippen molar-refractivity contribution in [3.8, 4) is 0 Å². The van der Waals surface area contributed by atoms with Gasteiger partial charge in [-0.2, -0.15) is 0 Å². The summed E-state index contributed by atoms with van der Waals surface area (Å²) in [5.74, 6) is -0.469. The van der Waals surface area contributed by atoms with Crippen LogP contribution in [0.15, 0.2) is 12.1 Å². The van der Waals surface area contributed by atoms with Crippen LogP contribution in [0.2, 0.25) is 0 Å². The van der Waals surface area contributed by atoms with Crippen LogP contribution in [-0.4, -0.2) is 17.4 Å². The molecule has 1 aromatic carbocycles. The normalized spacial score (nSPS) is 14.5. The fourth-order valence-electron chi connectivity index (χ4n) is 1.95. The number of benzene rings is 1. The Morgan fingerprint density at radius 2 is 2.05 bits per heavy atom. The lowest BCUT2D eigenvalue weighted by Gasteiger charge is -2.26. The molecule has 0 fully saturated rings. The summed E-state index contributed by atoms with van der Waals surface area (Å²) in [5, 5.41) is 5.81. The molecule has 6 N–H and O–H groups in total. The SMILES string of the molecule is CC(C)(Nc1cc2c(cc1N)NC(=O)CC2)C(N)=O. The van der Waals surface area contributed by atoms with Crippen molar-refractivity contribution in [2.45, 2.75) is 32.2 Å². The van der Waals surface area contributed by atoms with Gasteiger partial charge in [0, 0.05) is 12.1 Å². The molecule has 0 aliphatic carbocycles. The molecule has 0 spiro atoms. The van der Waals surface area contributed by atoms with E-state index in [0.29, 0.717) is 24.2 Å². The third-order valence-electron chi connectivity index (χ3n) is 3.23. The number of fused-ring (bicyclic) bond motifs is 1. The minimum atomic E-state index is -0.889. The van der Waals surface area contributed by atoms with Crippen molar-refractivity contribution in [3.05, 3.63) is 17.7 Å². The first kappa shape index (κ1) is 13.2. The van der Waals surface area contributed by atoms with Gasteiger partial charge in [0.05, 0.1) is 11.4 Å². The largest absolute Gasteiger partial charge is 0.397 e. The molecule has 0 bridgehead atoms. The zero-order chi connectivity index (χ0) is 14.2. The molecule has 19 heavy (non-hydrogen) atoms. The lowest BCUT2D eigenvalue weighted by Crippen LogP contribution is -2.45. The van der Waals surface area contributed by atoms with Gasteiger partial charge in [0.1, 0.15) is 5.54 Å². The van der Waals surface area contributed by atoms with Gasteiger partial charge in [-0.3, -0.25) is 9.59 Å². The molecule has 6 heteroatoms. The van der Waals surface area contributed by atoms with Gasteiger partial charge in [0.15, 0.2) is 0 Å². The highest BCUT2D eigenvalue weighted by molar-refractivity contribution is 5.96. The van der Waals surface area contributed by atoms with Gasteiger partial charge in [-0.15, -0.1) is 0 Å².